The summed E-state index contributed by atoms with van der Waals surface area (Å²) in [5, 5.41) is 16.6. The Morgan fingerprint density at radius 3 is 2.55 bits per heavy atom. The molecule has 1 unspecified atom stereocenters. The van der Waals surface area contributed by atoms with Crippen molar-refractivity contribution in [3.05, 3.63) is 101 Å². The van der Waals surface area contributed by atoms with Gasteiger partial charge >= 0.3 is 10.3 Å². The number of H-pyrrole nitrogens is 1. The predicted molar refractivity (Wildman–Crippen MR) is 127 cm³/mol. The minimum absolute atomic E-state index is 0.156. The average Bonchev–Trinajstić information content (AvgIpc) is 3.36. The van der Waals surface area contributed by atoms with E-state index in [1.54, 1.807) is 18.2 Å². The number of aromatic amines is 1. The van der Waals surface area contributed by atoms with E-state index in [1.807, 2.05) is 72.5 Å². The molecule has 3 N–H and O–H groups in total. The quantitative estimate of drug-likeness (QED) is 0.410. The van der Waals surface area contributed by atoms with Gasteiger partial charge in [0.05, 0.1) is 11.6 Å². The molecular formula is C25H20N4O3S. The van der Waals surface area contributed by atoms with Gasteiger partial charge in [-0.15, -0.1) is 0 Å². The van der Waals surface area contributed by atoms with Crippen LogP contribution in [0.4, 0.5) is 0 Å². The van der Waals surface area contributed by atoms with Gasteiger partial charge in [-0.05, 0) is 41.5 Å². The standard InChI is InChI=1S/C25H20N4O3S/c1-29-15-21(19-12-16(13-26)10-11-23(19)29)25(20-14-28-22-8-4-2-6-17(20)22)18-7-3-5-9-24(18)32-33(27,30)31/h2-12,14-15,25,28H,1H3,(H2,27,30,31). The van der Waals surface area contributed by atoms with E-state index in [4.69, 9.17) is 9.32 Å². The van der Waals surface area contributed by atoms with Gasteiger partial charge in [0.1, 0.15) is 5.75 Å². The fourth-order valence-electron chi connectivity index (χ4n) is 4.48. The van der Waals surface area contributed by atoms with Crippen LogP contribution in [0.25, 0.3) is 21.8 Å². The van der Waals surface area contributed by atoms with Crippen molar-refractivity contribution in [1.29, 1.82) is 5.26 Å². The van der Waals surface area contributed by atoms with E-state index in [2.05, 4.69) is 11.1 Å². The second-order valence-corrected chi connectivity index (χ2v) is 9.03. The number of nitrogens with one attached hydrogen (secondary N) is 1. The number of benzene rings is 3. The van der Waals surface area contributed by atoms with Crippen LogP contribution < -0.4 is 9.32 Å². The maximum Gasteiger partial charge on any atom is 0.380 e. The van der Waals surface area contributed by atoms with E-state index >= 15 is 0 Å². The lowest BCUT2D eigenvalue weighted by molar-refractivity contribution is 0.484. The van der Waals surface area contributed by atoms with Crippen LogP contribution in [0.5, 0.6) is 5.75 Å². The zero-order chi connectivity index (χ0) is 23.2. The summed E-state index contributed by atoms with van der Waals surface area (Å²) >= 11 is 0. The molecule has 0 aliphatic heterocycles. The molecule has 8 heteroatoms. The largest absolute Gasteiger partial charge is 0.380 e. The Kier molecular flexibility index (Phi) is 4.93. The van der Waals surface area contributed by atoms with Gasteiger partial charge in [-0.2, -0.15) is 18.8 Å². The summed E-state index contributed by atoms with van der Waals surface area (Å²) in [5.74, 6) is -0.236. The molecule has 0 saturated heterocycles. The Morgan fingerprint density at radius 1 is 1.00 bits per heavy atom. The Hall–Kier alpha value is -4.06. The molecule has 2 aromatic heterocycles. The third-order valence-electron chi connectivity index (χ3n) is 5.83. The Labute approximate surface area is 190 Å². The van der Waals surface area contributed by atoms with Crippen LogP contribution in [-0.2, 0) is 17.4 Å². The number of para-hydroxylation sites is 2. The molecule has 0 spiro atoms. The summed E-state index contributed by atoms with van der Waals surface area (Å²) in [6, 6.07) is 22.6. The highest BCUT2D eigenvalue weighted by atomic mass is 32.2. The highest BCUT2D eigenvalue weighted by Crippen LogP contribution is 2.43. The first kappa shape index (κ1) is 20.8. The second kappa shape index (κ2) is 7.81. The number of fused-ring (bicyclic) bond motifs is 2. The number of hydrogen-bond donors (Lipinski definition) is 2. The molecule has 5 rings (SSSR count). The fourth-order valence-corrected chi connectivity index (χ4v) is 4.88. The fraction of sp³-hybridized carbons (Fsp3) is 0.0800. The first-order chi connectivity index (χ1) is 15.9. The van der Waals surface area contributed by atoms with Crippen LogP contribution in [0, 0.1) is 11.3 Å². The van der Waals surface area contributed by atoms with Gasteiger partial charge in [0.25, 0.3) is 0 Å². The van der Waals surface area contributed by atoms with Crippen molar-refractivity contribution in [2.45, 2.75) is 5.92 Å². The first-order valence-corrected chi connectivity index (χ1v) is 11.7. The van der Waals surface area contributed by atoms with Crippen molar-refractivity contribution < 1.29 is 12.6 Å². The van der Waals surface area contributed by atoms with Crippen molar-refractivity contribution in [1.82, 2.24) is 9.55 Å². The van der Waals surface area contributed by atoms with Gasteiger partial charge in [-0.1, -0.05) is 36.4 Å². The predicted octanol–water partition coefficient (Wildman–Crippen LogP) is 4.29. The Bertz CT molecular complexity index is 1660. The Balaban J connectivity index is 1.85. The molecule has 0 aliphatic rings. The molecule has 164 valence electrons. The first-order valence-electron chi connectivity index (χ1n) is 10.2. The van der Waals surface area contributed by atoms with Crippen molar-refractivity contribution in [2.24, 2.45) is 12.2 Å². The maximum absolute atomic E-state index is 11.8. The summed E-state index contributed by atoms with van der Waals surface area (Å²) in [5.41, 5.74) is 4.97. The topological polar surface area (TPSA) is 114 Å². The number of aromatic nitrogens is 2. The number of nitrogens with two attached hydrogens (primary N) is 1. The molecule has 2 heterocycles. The van der Waals surface area contributed by atoms with Gasteiger partial charge in [-0.25, -0.2) is 0 Å². The molecule has 5 aromatic rings. The molecule has 0 aliphatic carbocycles. The lowest BCUT2D eigenvalue weighted by Crippen LogP contribution is -2.20. The summed E-state index contributed by atoms with van der Waals surface area (Å²) in [4.78, 5) is 3.31. The van der Waals surface area contributed by atoms with Crippen molar-refractivity contribution >= 4 is 32.1 Å². The number of nitriles is 1. The lowest BCUT2D eigenvalue weighted by Gasteiger charge is -2.20. The molecule has 1 atom stereocenters. The molecular weight excluding hydrogens is 436 g/mol. The molecule has 33 heavy (non-hydrogen) atoms. The van der Waals surface area contributed by atoms with E-state index in [-0.39, 0.29) is 5.75 Å². The van der Waals surface area contributed by atoms with Crippen LogP contribution in [0.15, 0.2) is 79.1 Å². The molecule has 0 bridgehead atoms. The molecule has 0 saturated carbocycles. The average molecular weight is 457 g/mol. The Morgan fingerprint density at radius 2 is 1.76 bits per heavy atom. The van der Waals surface area contributed by atoms with E-state index in [1.165, 1.54) is 0 Å². The number of nitrogens with zero attached hydrogens (tertiary/aromatic N) is 2. The van der Waals surface area contributed by atoms with Crippen molar-refractivity contribution in [2.75, 3.05) is 0 Å². The van der Waals surface area contributed by atoms with Gasteiger partial charge in [0.15, 0.2) is 0 Å². The lowest BCUT2D eigenvalue weighted by atomic mass is 9.84. The zero-order valence-corrected chi connectivity index (χ0v) is 18.5. The number of hydrogen-bond acceptors (Lipinski definition) is 4. The second-order valence-electron chi connectivity index (χ2n) is 7.88. The molecule has 3 aromatic carbocycles. The van der Waals surface area contributed by atoms with Gasteiger partial charge in [0, 0.05) is 52.7 Å². The van der Waals surface area contributed by atoms with Crippen LogP contribution in [0.3, 0.4) is 0 Å². The summed E-state index contributed by atoms with van der Waals surface area (Å²) in [7, 11) is -2.29. The highest BCUT2D eigenvalue weighted by Gasteiger charge is 2.27. The van der Waals surface area contributed by atoms with E-state index in [0.717, 1.165) is 32.9 Å². The molecule has 7 nitrogen and oxygen atoms in total. The minimum Gasteiger partial charge on any atom is -0.371 e. The van der Waals surface area contributed by atoms with Crippen LogP contribution in [0.2, 0.25) is 0 Å². The van der Waals surface area contributed by atoms with Crippen LogP contribution in [0.1, 0.15) is 28.2 Å². The van der Waals surface area contributed by atoms with Crippen LogP contribution in [-0.4, -0.2) is 18.0 Å². The SMILES string of the molecule is Cn1cc(C(c2ccccc2OS(N)(=O)=O)c2c[nH]c3ccccc23)c2cc(C#N)ccc21. The van der Waals surface area contributed by atoms with Gasteiger partial charge in [0.2, 0.25) is 0 Å². The third-order valence-corrected chi connectivity index (χ3v) is 6.24. The maximum atomic E-state index is 11.8. The number of aryl methyl sites for hydroxylation is 1. The van der Waals surface area contributed by atoms with E-state index in [9.17, 15) is 13.7 Å². The monoisotopic (exact) mass is 456 g/mol. The van der Waals surface area contributed by atoms with Crippen molar-refractivity contribution in [3.63, 3.8) is 0 Å². The number of rotatable bonds is 5. The summed E-state index contributed by atoms with van der Waals surface area (Å²) in [6.45, 7) is 0. The van der Waals surface area contributed by atoms with E-state index in [0.29, 0.717) is 11.1 Å². The minimum atomic E-state index is -4.23. The smallest absolute Gasteiger partial charge is 0.371 e. The highest BCUT2D eigenvalue weighted by molar-refractivity contribution is 7.84. The molecule has 0 amide bonds. The van der Waals surface area contributed by atoms with Gasteiger partial charge in [-0.3, -0.25) is 0 Å². The molecule has 0 fully saturated rings. The van der Waals surface area contributed by atoms with Crippen LogP contribution >= 0.6 is 0 Å². The molecule has 0 radical (unpaired) electrons. The van der Waals surface area contributed by atoms with Gasteiger partial charge < -0.3 is 13.7 Å². The van der Waals surface area contributed by atoms with E-state index < -0.39 is 16.2 Å². The summed E-state index contributed by atoms with van der Waals surface area (Å²) in [6.07, 6.45) is 3.93. The third kappa shape index (κ3) is 3.74. The normalized spacial score (nSPS) is 12.6. The zero-order valence-electron chi connectivity index (χ0n) is 17.7. The van der Waals surface area contributed by atoms with Crippen molar-refractivity contribution in [3.8, 4) is 11.8 Å². The summed E-state index contributed by atoms with van der Waals surface area (Å²) < 4.78 is 30.8.